The van der Waals surface area contributed by atoms with E-state index in [1.54, 1.807) is 0 Å². The van der Waals surface area contributed by atoms with Gasteiger partial charge < -0.3 is 10.3 Å². The summed E-state index contributed by atoms with van der Waals surface area (Å²) in [6.07, 6.45) is 0. The molecule has 3 aromatic carbocycles. The fourth-order valence-electron chi connectivity index (χ4n) is 3.71. The van der Waals surface area contributed by atoms with Gasteiger partial charge in [-0.05, 0) is 30.2 Å². The number of thioether (sulfide) groups is 1. The van der Waals surface area contributed by atoms with Crippen LogP contribution in [-0.4, -0.2) is 31.8 Å². The molecule has 2 N–H and O–H groups in total. The standard InChI is InChI=1S/C25H21N5OS/c1-16-12-13-20-19(14-16)23-24(26-20)28-25(30-29-23)32-15-21(31)27-22(17-8-4-2-5-9-17)18-10-6-3-7-11-18/h2-14,22H,15H2,1H3,(H,27,31)(H,26,28,30). The predicted molar refractivity (Wildman–Crippen MR) is 128 cm³/mol. The fraction of sp³-hybridized carbons (Fsp3) is 0.120. The molecule has 0 saturated carbocycles. The zero-order chi connectivity index (χ0) is 21.9. The number of fused-ring (bicyclic) bond motifs is 3. The summed E-state index contributed by atoms with van der Waals surface area (Å²) >= 11 is 1.27. The number of amides is 1. The lowest BCUT2D eigenvalue weighted by Crippen LogP contribution is -2.30. The van der Waals surface area contributed by atoms with E-state index in [4.69, 9.17) is 0 Å². The number of carbonyl (C=O) groups is 1. The Morgan fingerprint density at radius 1 is 0.969 bits per heavy atom. The van der Waals surface area contributed by atoms with E-state index in [1.807, 2.05) is 79.7 Å². The average molecular weight is 440 g/mol. The van der Waals surface area contributed by atoms with Crippen molar-refractivity contribution in [1.82, 2.24) is 25.5 Å². The highest BCUT2D eigenvalue weighted by Crippen LogP contribution is 2.25. The van der Waals surface area contributed by atoms with Crippen molar-refractivity contribution in [2.24, 2.45) is 0 Å². The molecule has 0 saturated heterocycles. The highest BCUT2D eigenvalue weighted by Gasteiger charge is 2.17. The van der Waals surface area contributed by atoms with Crippen molar-refractivity contribution in [3.63, 3.8) is 0 Å². The SMILES string of the molecule is Cc1ccc2[nH]c3nc(SCC(=O)NC(c4ccccc4)c4ccccc4)nnc3c2c1. The van der Waals surface area contributed by atoms with E-state index in [-0.39, 0.29) is 17.7 Å². The number of nitrogens with one attached hydrogen (secondary N) is 2. The minimum absolute atomic E-state index is 0.0938. The lowest BCUT2D eigenvalue weighted by Gasteiger charge is -2.19. The topological polar surface area (TPSA) is 83.6 Å². The summed E-state index contributed by atoms with van der Waals surface area (Å²) in [5.74, 6) is 0.103. The molecule has 158 valence electrons. The van der Waals surface area contributed by atoms with Crippen molar-refractivity contribution in [3.8, 4) is 0 Å². The molecule has 0 aliphatic rings. The van der Waals surface area contributed by atoms with Crippen LogP contribution in [0.3, 0.4) is 0 Å². The Morgan fingerprint density at radius 3 is 2.34 bits per heavy atom. The van der Waals surface area contributed by atoms with Gasteiger partial charge in [0.1, 0.15) is 5.52 Å². The van der Waals surface area contributed by atoms with Gasteiger partial charge in [0, 0.05) is 10.9 Å². The Morgan fingerprint density at radius 2 is 1.66 bits per heavy atom. The van der Waals surface area contributed by atoms with Crippen LogP contribution in [0.5, 0.6) is 0 Å². The Hall–Kier alpha value is -3.71. The zero-order valence-electron chi connectivity index (χ0n) is 17.4. The third-order valence-corrected chi connectivity index (χ3v) is 6.09. The number of rotatable bonds is 6. The molecule has 0 aliphatic carbocycles. The van der Waals surface area contributed by atoms with E-state index in [0.29, 0.717) is 10.8 Å². The van der Waals surface area contributed by atoms with Gasteiger partial charge in [0.05, 0.1) is 11.8 Å². The Bertz CT molecular complexity index is 1350. The van der Waals surface area contributed by atoms with Crippen molar-refractivity contribution in [1.29, 1.82) is 0 Å². The van der Waals surface area contributed by atoms with Crippen molar-refractivity contribution < 1.29 is 4.79 Å². The zero-order valence-corrected chi connectivity index (χ0v) is 18.3. The second kappa shape index (κ2) is 8.80. The maximum atomic E-state index is 12.8. The van der Waals surface area contributed by atoms with Gasteiger partial charge >= 0.3 is 0 Å². The monoisotopic (exact) mass is 439 g/mol. The van der Waals surface area contributed by atoms with Gasteiger partial charge in [-0.3, -0.25) is 4.79 Å². The van der Waals surface area contributed by atoms with Gasteiger partial charge in [-0.25, -0.2) is 4.98 Å². The quantitative estimate of drug-likeness (QED) is 0.371. The first kappa shape index (κ1) is 20.2. The van der Waals surface area contributed by atoms with Crippen LogP contribution in [0.15, 0.2) is 84.0 Å². The number of hydrogen-bond donors (Lipinski definition) is 2. The molecule has 6 nitrogen and oxygen atoms in total. The minimum atomic E-state index is -0.219. The van der Waals surface area contributed by atoms with Crippen LogP contribution >= 0.6 is 11.8 Å². The molecule has 5 rings (SSSR count). The van der Waals surface area contributed by atoms with Gasteiger partial charge in [-0.1, -0.05) is 84.1 Å². The predicted octanol–water partition coefficient (Wildman–Crippen LogP) is 4.81. The molecule has 0 bridgehead atoms. The van der Waals surface area contributed by atoms with Gasteiger partial charge in [0.15, 0.2) is 5.65 Å². The molecule has 0 spiro atoms. The lowest BCUT2D eigenvalue weighted by molar-refractivity contribution is -0.119. The molecule has 0 fully saturated rings. The summed E-state index contributed by atoms with van der Waals surface area (Å²) in [6.45, 7) is 2.04. The number of aromatic amines is 1. The summed E-state index contributed by atoms with van der Waals surface area (Å²) < 4.78 is 0. The molecule has 1 amide bonds. The minimum Gasteiger partial charge on any atom is -0.344 e. The number of nitrogens with zero attached hydrogens (tertiary/aromatic N) is 3. The first-order valence-electron chi connectivity index (χ1n) is 10.3. The fourth-order valence-corrected chi connectivity index (χ4v) is 4.31. The third-order valence-electron chi connectivity index (χ3n) is 5.25. The third kappa shape index (κ3) is 4.20. The summed E-state index contributed by atoms with van der Waals surface area (Å²) in [5, 5.41) is 13.2. The van der Waals surface area contributed by atoms with Gasteiger partial charge in [-0.2, -0.15) is 0 Å². The Labute approximate surface area is 189 Å². The molecule has 2 aromatic heterocycles. The number of aryl methyl sites for hydroxylation is 1. The largest absolute Gasteiger partial charge is 0.344 e. The van der Waals surface area contributed by atoms with E-state index in [0.717, 1.165) is 33.1 Å². The van der Waals surface area contributed by atoms with Crippen molar-refractivity contribution in [3.05, 3.63) is 95.6 Å². The molecule has 32 heavy (non-hydrogen) atoms. The first-order valence-corrected chi connectivity index (χ1v) is 11.3. The van der Waals surface area contributed by atoms with Crippen LogP contribution in [0.2, 0.25) is 0 Å². The van der Waals surface area contributed by atoms with E-state index in [9.17, 15) is 4.79 Å². The Kier molecular flexibility index (Phi) is 5.56. The van der Waals surface area contributed by atoms with Crippen LogP contribution in [0.4, 0.5) is 0 Å². The highest BCUT2D eigenvalue weighted by atomic mass is 32.2. The van der Waals surface area contributed by atoms with Gasteiger partial charge in [0.2, 0.25) is 11.1 Å². The number of carbonyl (C=O) groups excluding carboxylic acids is 1. The Balaban J connectivity index is 1.32. The molecule has 7 heteroatoms. The van der Waals surface area contributed by atoms with Crippen LogP contribution < -0.4 is 5.32 Å². The number of aromatic nitrogens is 4. The van der Waals surface area contributed by atoms with Crippen molar-refractivity contribution in [2.45, 2.75) is 18.1 Å². The smallest absolute Gasteiger partial charge is 0.231 e. The molecule has 0 aliphatic heterocycles. The van der Waals surface area contributed by atoms with Crippen LogP contribution in [0.25, 0.3) is 22.1 Å². The molecular weight excluding hydrogens is 418 g/mol. The second-order valence-corrected chi connectivity index (χ2v) is 8.52. The van der Waals surface area contributed by atoms with Crippen LogP contribution in [-0.2, 0) is 4.79 Å². The molecular formula is C25H21N5OS. The van der Waals surface area contributed by atoms with E-state index in [2.05, 4.69) is 31.5 Å². The van der Waals surface area contributed by atoms with Crippen LogP contribution in [0, 0.1) is 6.92 Å². The van der Waals surface area contributed by atoms with Gasteiger partial charge in [-0.15, -0.1) is 10.2 Å². The summed E-state index contributed by atoms with van der Waals surface area (Å²) in [4.78, 5) is 20.6. The molecule has 0 atom stereocenters. The lowest BCUT2D eigenvalue weighted by atomic mass is 9.99. The normalized spacial score (nSPS) is 11.3. The maximum absolute atomic E-state index is 12.8. The summed E-state index contributed by atoms with van der Waals surface area (Å²) in [6, 6.07) is 25.8. The van der Waals surface area contributed by atoms with E-state index < -0.39 is 0 Å². The maximum Gasteiger partial charge on any atom is 0.231 e. The van der Waals surface area contributed by atoms with Crippen molar-refractivity contribution >= 4 is 39.7 Å². The van der Waals surface area contributed by atoms with Gasteiger partial charge in [0.25, 0.3) is 0 Å². The number of H-pyrrole nitrogens is 1. The number of benzene rings is 3. The molecule has 0 radical (unpaired) electrons. The average Bonchev–Trinajstić information content (AvgIpc) is 3.19. The van der Waals surface area contributed by atoms with E-state index in [1.165, 1.54) is 11.8 Å². The first-order chi connectivity index (χ1) is 15.7. The number of hydrogen-bond acceptors (Lipinski definition) is 5. The molecule has 5 aromatic rings. The van der Waals surface area contributed by atoms with Crippen LogP contribution in [0.1, 0.15) is 22.7 Å². The second-order valence-electron chi connectivity index (χ2n) is 7.58. The summed E-state index contributed by atoms with van der Waals surface area (Å²) in [7, 11) is 0. The highest BCUT2D eigenvalue weighted by molar-refractivity contribution is 7.99. The molecule has 0 unspecified atom stereocenters. The molecule has 2 heterocycles. The van der Waals surface area contributed by atoms with E-state index >= 15 is 0 Å². The summed E-state index contributed by atoms with van der Waals surface area (Å²) in [5.41, 5.74) is 5.61. The van der Waals surface area contributed by atoms with Crippen molar-refractivity contribution in [2.75, 3.05) is 5.75 Å².